The van der Waals surface area contributed by atoms with E-state index in [0.717, 1.165) is 16.9 Å². The lowest BCUT2D eigenvalue weighted by Crippen LogP contribution is -2.26. The van der Waals surface area contributed by atoms with E-state index < -0.39 is 0 Å². The molecule has 0 bridgehead atoms. The van der Waals surface area contributed by atoms with Gasteiger partial charge in [0.05, 0.1) is 11.7 Å². The van der Waals surface area contributed by atoms with Crippen LogP contribution in [0.25, 0.3) is 5.69 Å². The van der Waals surface area contributed by atoms with E-state index >= 15 is 0 Å². The highest BCUT2D eigenvalue weighted by atomic mass is 16.2. The van der Waals surface area contributed by atoms with Crippen LogP contribution in [0.2, 0.25) is 0 Å². The van der Waals surface area contributed by atoms with E-state index in [9.17, 15) is 9.59 Å². The van der Waals surface area contributed by atoms with Crippen LogP contribution in [0.4, 0.5) is 0 Å². The molecule has 3 rings (SSSR count). The highest BCUT2D eigenvalue weighted by Crippen LogP contribution is 2.19. The molecule has 5 nitrogen and oxygen atoms in total. The molecule has 1 heterocycles. The third kappa shape index (κ3) is 4.03. The lowest BCUT2D eigenvalue weighted by molar-refractivity contribution is 0.0940. The van der Waals surface area contributed by atoms with Crippen LogP contribution in [0.5, 0.6) is 0 Å². The van der Waals surface area contributed by atoms with Gasteiger partial charge in [-0.2, -0.15) is 0 Å². The van der Waals surface area contributed by atoms with Crippen molar-refractivity contribution in [3.63, 3.8) is 0 Å². The summed E-state index contributed by atoms with van der Waals surface area (Å²) in [4.78, 5) is 27.1. The summed E-state index contributed by atoms with van der Waals surface area (Å²) in [6, 6.07) is 15.3. The molecule has 0 fully saturated rings. The molecular formula is C22H25N3O2. The number of hydrogen-bond donors (Lipinski definition) is 2. The summed E-state index contributed by atoms with van der Waals surface area (Å²) in [6.45, 7) is 8.14. The Morgan fingerprint density at radius 1 is 0.963 bits per heavy atom. The van der Waals surface area contributed by atoms with Crippen LogP contribution in [0, 0.1) is 6.92 Å². The van der Waals surface area contributed by atoms with Crippen LogP contribution in [0.3, 0.4) is 0 Å². The number of hydrogen-bond acceptors (Lipinski definition) is 2. The van der Waals surface area contributed by atoms with Gasteiger partial charge in [0.2, 0.25) is 0 Å². The van der Waals surface area contributed by atoms with Crippen molar-refractivity contribution in [1.29, 1.82) is 0 Å². The maximum absolute atomic E-state index is 12.5. The second kappa shape index (κ2) is 7.66. The van der Waals surface area contributed by atoms with Gasteiger partial charge in [-0.15, -0.1) is 0 Å². The lowest BCUT2D eigenvalue weighted by atomic mass is 9.99. The number of aromatic nitrogens is 2. The van der Waals surface area contributed by atoms with Gasteiger partial charge in [0.1, 0.15) is 0 Å². The van der Waals surface area contributed by atoms with Gasteiger partial charge in [0.25, 0.3) is 5.91 Å². The molecule has 27 heavy (non-hydrogen) atoms. The van der Waals surface area contributed by atoms with Gasteiger partial charge in [0.15, 0.2) is 0 Å². The zero-order chi connectivity index (χ0) is 19.6. The predicted octanol–water partition coefficient (Wildman–Crippen LogP) is 4.09. The third-order valence-electron chi connectivity index (χ3n) is 4.80. The van der Waals surface area contributed by atoms with Crippen molar-refractivity contribution in [2.45, 2.75) is 39.7 Å². The average Bonchev–Trinajstić information content (AvgIpc) is 3.00. The SMILES string of the molecule is Cc1c[nH]c(=O)n1-c1ccc(C(=O)NC(C)c2ccc(C(C)C)cc2)cc1. The van der Waals surface area contributed by atoms with Crippen LogP contribution < -0.4 is 11.0 Å². The first kappa shape index (κ1) is 18.7. The number of benzene rings is 2. The first-order valence-electron chi connectivity index (χ1n) is 9.15. The van der Waals surface area contributed by atoms with E-state index in [-0.39, 0.29) is 17.6 Å². The molecule has 1 atom stereocenters. The molecule has 0 spiro atoms. The molecule has 2 N–H and O–H groups in total. The number of imidazole rings is 1. The van der Waals surface area contributed by atoms with Crippen LogP contribution in [-0.4, -0.2) is 15.5 Å². The average molecular weight is 363 g/mol. The Morgan fingerprint density at radius 2 is 1.56 bits per heavy atom. The number of rotatable bonds is 5. The Bertz CT molecular complexity index is 980. The number of nitrogens with one attached hydrogen (secondary N) is 2. The van der Waals surface area contributed by atoms with Crippen molar-refractivity contribution in [2.75, 3.05) is 0 Å². The molecule has 140 valence electrons. The molecule has 0 aliphatic carbocycles. The molecule has 1 aromatic heterocycles. The summed E-state index contributed by atoms with van der Waals surface area (Å²) in [6.07, 6.45) is 1.66. The molecule has 2 aromatic carbocycles. The highest BCUT2D eigenvalue weighted by molar-refractivity contribution is 5.94. The number of carbonyl (C=O) groups excluding carboxylic acids is 1. The van der Waals surface area contributed by atoms with Gasteiger partial charge >= 0.3 is 5.69 Å². The molecule has 0 saturated heterocycles. The second-order valence-corrected chi connectivity index (χ2v) is 7.13. The fraction of sp³-hybridized carbons (Fsp3) is 0.273. The van der Waals surface area contributed by atoms with E-state index in [0.29, 0.717) is 11.5 Å². The van der Waals surface area contributed by atoms with Crippen molar-refractivity contribution in [1.82, 2.24) is 14.9 Å². The number of carbonyl (C=O) groups is 1. The summed E-state index contributed by atoms with van der Waals surface area (Å²) < 4.78 is 1.57. The first-order valence-corrected chi connectivity index (χ1v) is 9.15. The maximum atomic E-state index is 12.5. The van der Waals surface area contributed by atoms with E-state index in [4.69, 9.17) is 0 Å². The molecule has 3 aromatic rings. The van der Waals surface area contributed by atoms with Crippen LogP contribution in [0.1, 0.15) is 59.9 Å². The molecule has 1 unspecified atom stereocenters. The Kier molecular flexibility index (Phi) is 5.31. The predicted molar refractivity (Wildman–Crippen MR) is 108 cm³/mol. The van der Waals surface area contributed by atoms with Gasteiger partial charge in [-0.1, -0.05) is 38.1 Å². The van der Waals surface area contributed by atoms with Gasteiger partial charge in [0, 0.05) is 17.5 Å². The Morgan fingerprint density at radius 3 is 2.07 bits per heavy atom. The molecule has 1 amide bonds. The maximum Gasteiger partial charge on any atom is 0.330 e. The number of aromatic amines is 1. The van der Waals surface area contributed by atoms with E-state index in [1.807, 2.05) is 13.8 Å². The quantitative estimate of drug-likeness (QED) is 0.717. The van der Waals surface area contributed by atoms with Crippen molar-refractivity contribution < 1.29 is 4.79 Å². The summed E-state index contributed by atoms with van der Waals surface area (Å²) >= 11 is 0. The van der Waals surface area contributed by atoms with Crippen molar-refractivity contribution in [3.05, 3.63) is 87.6 Å². The van der Waals surface area contributed by atoms with E-state index in [1.165, 1.54) is 5.56 Å². The fourth-order valence-corrected chi connectivity index (χ4v) is 3.07. The van der Waals surface area contributed by atoms with Gasteiger partial charge in [-0.05, 0) is 55.2 Å². The number of aryl methyl sites for hydroxylation is 1. The third-order valence-corrected chi connectivity index (χ3v) is 4.80. The molecule has 0 aliphatic rings. The smallest absolute Gasteiger partial charge is 0.330 e. The minimum Gasteiger partial charge on any atom is -0.346 e. The first-order chi connectivity index (χ1) is 12.9. The van der Waals surface area contributed by atoms with Crippen molar-refractivity contribution in [3.8, 4) is 5.69 Å². The minimum atomic E-state index is -0.192. The van der Waals surface area contributed by atoms with E-state index in [2.05, 4.69) is 48.4 Å². The molecular weight excluding hydrogens is 338 g/mol. The number of amides is 1. The summed E-state index contributed by atoms with van der Waals surface area (Å²) in [5.41, 5.74) is 4.26. The Hall–Kier alpha value is -3.08. The number of nitrogens with zero attached hydrogens (tertiary/aromatic N) is 1. The van der Waals surface area contributed by atoms with Crippen LogP contribution >= 0.6 is 0 Å². The monoisotopic (exact) mass is 363 g/mol. The fourth-order valence-electron chi connectivity index (χ4n) is 3.07. The lowest BCUT2D eigenvalue weighted by Gasteiger charge is -2.16. The van der Waals surface area contributed by atoms with Crippen molar-refractivity contribution in [2.24, 2.45) is 0 Å². The molecule has 0 aliphatic heterocycles. The second-order valence-electron chi connectivity index (χ2n) is 7.13. The summed E-state index contributed by atoms with van der Waals surface area (Å²) in [5.74, 6) is 0.346. The molecule has 0 radical (unpaired) electrons. The standard InChI is InChI=1S/C22H25N3O2/c1-14(2)17-5-7-18(8-6-17)16(4)24-21(26)19-9-11-20(12-10-19)25-15(3)13-23-22(25)27/h5-14,16H,1-4H3,(H,23,27)(H,24,26). The number of H-pyrrole nitrogens is 1. The Labute approximate surface area is 159 Å². The van der Waals surface area contributed by atoms with Crippen molar-refractivity contribution >= 4 is 5.91 Å². The molecule has 5 heteroatoms. The zero-order valence-corrected chi connectivity index (χ0v) is 16.1. The minimum absolute atomic E-state index is 0.0899. The Balaban J connectivity index is 1.71. The molecule has 0 saturated carbocycles. The topological polar surface area (TPSA) is 66.9 Å². The zero-order valence-electron chi connectivity index (χ0n) is 16.1. The normalized spacial score (nSPS) is 12.2. The van der Waals surface area contributed by atoms with Crippen LogP contribution in [-0.2, 0) is 0 Å². The van der Waals surface area contributed by atoms with Gasteiger partial charge in [-0.3, -0.25) is 9.36 Å². The summed E-state index contributed by atoms with van der Waals surface area (Å²) in [5, 5.41) is 3.02. The van der Waals surface area contributed by atoms with E-state index in [1.54, 1.807) is 35.0 Å². The highest BCUT2D eigenvalue weighted by Gasteiger charge is 2.13. The summed E-state index contributed by atoms with van der Waals surface area (Å²) in [7, 11) is 0. The van der Waals surface area contributed by atoms with Gasteiger partial charge < -0.3 is 10.3 Å². The largest absolute Gasteiger partial charge is 0.346 e. The van der Waals surface area contributed by atoms with Gasteiger partial charge in [-0.25, -0.2) is 4.79 Å². The van der Waals surface area contributed by atoms with Crippen LogP contribution in [0.15, 0.2) is 59.5 Å².